The Morgan fingerprint density at radius 1 is 0.906 bits per heavy atom. The molecule has 1 aromatic carbocycles. The van der Waals surface area contributed by atoms with Crippen LogP contribution in [0.3, 0.4) is 0 Å². The Morgan fingerprint density at radius 2 is 1.62 bits per heavy atom. The molecule has 3 heterocycles. The van der Waals surface area contributed by atoms with Crippen LogP contribution in [0.15, 0.2) is 52.1 Å². The summed E-state index contributed by atoms with van der Waals surface area (Å²) in [5.74, 6) is -0.540. The highest BCUT2D eigenvalue weighted by Gasteiger charge is 2.37. The molecule has 0 spiro atoms. The largest absolute Gasteiger partial charge is 0.340 e. The maximum Gasteiger partial charge on any atom is 0.252 e. The van der Waals surface area contributed by atoms with Gasteiger partial charge in [-0.3, -0.25) is 4.79 Å². The van der Waals surface area contributed by atoms with Gasteiger partial charge in [-0.05, 0) is 29.9 Å². The second-order valence-electron chi connectivity index (χ2n) is 8.10. The van der Waals surface area contributed by atoms with E-state index in [1.165, 1.54) is 19.9 Å². The summed E-state index contributed by atoms with van der Waals surface area (Å²) in [7, 11) is -7.03. The van der Waals surface area contributed by atoms with Crippen molar-refractivity contribution >= 4 is 37.3 Å². The molecule has 0 N–H and O–H groups in total. The van der Waals surface area contributed by atoms with E-state index in [2.05, 4.69) is 0 Å². The summed E-state index contributed by atoms with van der Waals surface area (Å²) >= 11 is 1.18. The zero-order valence-corrected chi connectivity index (χ0v) is 20.1. The van der Waals surface area contributed by atoms with E-state index < -0.39 is 26.0 Å². The van der Waals surface area contributed by atoms with Gasteiger partial charge in [-0.25, -0.2) is 16.8 Å². The van der Waals surface area contributed by atoms with Crippen LogP contribution in [0.4, 0.5) is 0 Å². The number of amides is 1. The molecule has 0 unspecified atom stereocenters. The van der Waals surface area contributed by atoms with Gasteiger partial charge in [0.15, 0.2) is 0 Å². The fourth-order valence-corrected chi connectivity index (χ4v) is 8.41. The normalized spacial score (nSPS) is 21.5. The summed E-state index contributed by atoms with van der Waals surface area (Å²) in [6.45, 7) is 1.73. The third kappa shape index (κ3) is 5.07. The van der Waals surface area contributed by atoms with Crippen LogP contribution in [0.1, 0.15) is 18.4 Å². The van der Waals surface area contributed by atoms with E-state index in [4.69, 9.17) is 0 Å². The summed E-state index contributed by atoms with van der Waals surface area (Å²) in [5, 5.41) is 1.73. The van der Waals surface area contributed by atoms with Gasteiger partial charge in [0.2, 0.25) is 15.9 Å². The van der Waals surface area contributed by atoms with Crippen LogP contribution in [0.25, 0.3) is 0 Å². The number of hydrogen-bond acceptors (Lipinski definition) is 6. The summed E-state index contributed by atoms with van der Waals surface area (Å²) in [5.41, 5.74) is 0.736. The number of sulfonamides is 2. The predicted octanol–water partition coefficient (Wildman–Crippen LogP) is 1.82. The molecule has 1 atom stereocenters. The number of hydrogen-bond donors (Lipinski definition) is 0. The summed E-state index contributed by atoms with van der Waals surface area (Å²) in [6.07, 6.45) is 1.27. The van der Waals surface area contributed by atoms with Crippen molar-refractivity contribution in [2.45, 2.75) is 22.8 Å². The Bertz CT molecular complexity index is 1130. The highest BCUT2D eigenvalue weighted by atomic mass is 32.2. The van der Waals surface area contributed by atoms with Crippen LogP contribution in [0.2, 0.25) is 0 Å². The zero-order chi connectivity index (χ0) is 22.8. The lowest BCUT2D eigenvalue weighted by Crippen LogP contribution is -2.54. The number of piperidine rings is 1. The van der Waals surface area contributed by atoms with Crippen molar-refractivity contribution in [3.8, 4) is 0 Å². The molecule has 2 aliphatic heterocycles. The van der Waals surface area contributed by atoms with Crippen LogP contribution in [0, 0.1) is 5.92 Å². The molecule has 1 aromatic heterocycles. The van der Waals surface area contributed by atoms with E-state index >= 15 is 0 Å². The fraction of sp³-hybridized carbons (Fsp3) is 0.476. The highest BCUT2D eigenvalue weighted by molar-refractivity contribution is 7.91. The molecule has 32 heavy (non-hydrogen) atoms. The van der Waals surface area contributed by atoms with Gasteiger partial charge in [0.05, 0.1) is 11.7 Å². The number of benzene rings is 1. The van der Waals surface area contributed by atoms with Gasteiger partial charge in [0, 0.05) is 39.3 Å². The molecule has 8 nitrogen and oxygen atoms in total. The number of nitrogens with zero attached hydrogens (tertiary/aromatic N) is 3. The van der Waals surface area contributed by atoms with E-state index in [1.807, 2.05) is 18.2 Å². The first-order chi connectivity index (χ1) is 15.3. The maximum atomic E-state index is 13.1. The number of thiophene rings is 1. The van der Waals surface area contributed by atoms with Gasteiger partial charge in [-0.15, -0.1) is 11.3 Å². The van der Waals surface area contributed by atoms with E-state index in [0.717, 1.165) is 5.56 Å². The molecule has 1 amide bonds. The van der Waals surface area contributed by atoms with Crippen molar-refractivity contribution in [2.24, 2.45) is 5.92 Å². The van der Waals surface area contributed by atoms with Crippen molar-refractivity contribution in [1.82, 2.24) is 13.5 Å². The van der Waals surface area contributed by atoms with E-state index in [1.54, 1.807) is 34.5 Å². The Labute approximate surface area is 193 Å². The minimum atomic E-state index is -3.58. The van der Waals surface area contributed by atoms with Crippen molar-refractivity contribution in [3.63, 3.8) is 0 Å². The van der Waals surface area contributed by atoms with Crippen molar-refractivity contribution in [1.29, 1.82) is 0 Å². The van der Waals surface area contributed by atoms with Crippen molar-refractivity contribution in [3.05, 3.63) is 53.4 Å². The maximum absolute atomic E-state index is 13.1. The summed E-state index contributed by atoms with van der Waals surface area (Å²) < 4.78 is 54.3. The third-order valence-electron chi connectivity index (χ3n) is 5.96. The number of carbonyl (C=O) groups excluding carboxylic acids is 1. The molecular formula is C21H27N3O5S3. The molecule has 0 radical (unpaired) electrons. The molecular weight excluding hydrogens is 470 g/mol. The topological polar surface area (TPSA) is 95.1 Å². The van der Waals surface area contributed by atoms with Crippen LogP contribution in [-0.2, 0) is 30.6 Å². The highest BCUT2D eigenvalue weighted by Crippen LogP contribution is 2.27. The molecule has 2 saturated heterocycles. The van der Waals surface area contributed by atoms with Crippen LogP contribution in [0.5, 0.6) is 0 Å². The van der Waals surface area contributed by atoms with Crippen molar-refractivity contribution < 1.29 is 21.6 Å². The zero-order valence-electron chi connectivity index (χ0n) is 17.7. The van der Waals surface area contributed by atoms with E-state index in [-0.39, 0.29) is 31.3 Å². The second kappa shape index (κ2) is 9.60. The Hall–Kier alpha value is -1.79. The molecule has 2 fully saturated rings. The number of piperazine rings is 1. The van der Waals surface area contributed by atoms with Gasteiger partial charge < -0.3 is 4.90 Å². The first-order valence-electron chi connectivity index (χ1n) is 10.6. The first kappa shape index (κ1) is 23.4. The molecule has 2 aromatic rings. The van der Waals surface area contributed by atoms with Crippen molar-refractivity contribution in [2.75, 3.05) is 39.3 Å². The van der Waals surface area contributed by atoms with Crippen LogP contribution in [-0.4, -0.2) is 75.5 Å². The number of carbonyl (C=O) groups is 1. The lowest BCUT2D eigenvalue weighted by atomic mass is 9.98. The SMILES string of the molecule is O=C([C@@H]1CCCN(S(=O)(=O)c2cccs2)C1)N1CCN(S(=O)(=O)Cc2ccccc2)CC1. The van der Waals surface area contributed by atoms with E-state index in [0.29, 0.717) is 36.7 Å². The molecule has 0 saturated carbocycles. The van der Waals surface area contributed by atoms with Gasteiger partial charge in [0.25, 0.3) is 10.0 Å². The van der Waals surface area contributed by atoms with Gasteiger partial charge in [-0.2, -0.15) is 8.61 Å². The molecule has 0 aliphatic carbocycles. The number of rotatable bonds is 6. The minimum absolute atomic E-state index is 0.0556. The third-order valence-corrected chi connectivity index (χ3v) is 11.0. The average molecular weight is 498 g/mol. The molecule has 174 valence electrons. The minimum Gasteiger partial charge on any atom is -0.340 e. The summed E-state index contributed by atoms with van der Waals surface area (Å²) in [4.78, 5) is 14.8. The average Bonchev–Trinajstić information content (AvgIpc) is 3.35. The summed E-state index contributed by atoms with van der Waals surface area (Å²) in [6, 6.07) is 12.3. The Kier molecular flexibility index (Phi) is 7.01. The van der Waals surface area contributed by atoms with E-state index in [9.17, 15) is 21.6 Å². The van der Waals surface area contributed by atoms with Crippen LogP contribution >= 0.6 is 11.3 Å². The molecule has 0 bridgehead atoms. The second-order valence-corrected chi connectivity index (χ2v) is 13.2. The monoisotopic (exact) mass is 497 g/mol. The lowest BCUT2D eigenvalue weighted by molar-refractivity contribution is -0.137. The molecule has 2 aliphatic rings. The predicted molar refractivity (Wildman–Crippen MR) is 123 cm³/mol. The lowest BCUT2D eigenvalue weighted by Gasteiger charge is -2.38. The van der Waals surface area contributed by atoms with Crippen LogP contribution < -0.4 is 0 Å². The first-order valence-corrected chi connectivity index (χ1v) is 14.5. The molecule has 4 rings (SSSR count). The molecule has 11 heteroatoms. The fourth-order valence-electron chi connectivity index (χ4n) is 4.22. The quantitative estimate of drug-likeness (QED) is 0.607. The Morgan fingerprint density at radius 3 is 2.28 bits per heavy atom. The van der Waals surface area contributed by atoms with Gasteiger partial charge in [0.1, 0.15) is 4.21 Å². The smallest absolute Gasteiger partial charge is 0.252 e. The van der Waals surface area contributed by atoms with Gasteiger partial charge >= 0.3 is 0 Å². The van der Waals surface area contributed by atoms with Gasteiger partial charge in [-0.1, -0.05) is 36.4 Å². The standard InChI is InChI=1S/C21H27N3O5S3/c25-21(19-8-4-10-24(16-19)32(28,29)20-9-5-15-30-20)22-11-13-23(14-12-22)31(26,27)17-18-6-2-1-3-7-18/h1-3,5-7,9,15,19H,4,8,10-14,16-17H2/t19-/m1/s1. The Balaban J connectivity index is 1.35.